The largest absolute Gasteiger partial charge is 0.481 e. The summed E-state index contributed by atoms with van der Waals surface area (Å²) in [6.45, 7) is 6.76. The number of anilines is 1. The molecule has 0 saturated heterocycles. The van der Waals surface area contributed by atoms with Gasteiger partial charge >= 0.3 is 5.97 Å². The number of hydrogen-bond acceptors (Lipinski definition) is 3. The van der Waals surface area contributed by atoms with Gasteiger partial charge in [-0.3, -0.25) is 9.59 Å². The van der Waals surface area contributed by atoms with E-state index in [1.807, 2.05) is 37.3 Å². The molecule has 0 aliphatic carbocycles. The average Bonchev–Trinajstić information content (AvgIpc) is 2.56. The van der Waals surface area contributed by atoms with Crippen LogP contribution >= 0.6 is 0 Å². The van der Waals surface area contributed by atoms with Gasteiger partial charge in [0, 0.05) is 17.2 Å². The van der Waals surface area contributed by atoms with Crippen molar-refractivity contribution < 1.29 is 14.7 Å². The molecule has 2 aromatic rings. The van der Waals surface area contributed by atoms with E-state index in [1.54, 1.807) is 32.9 Å². The summed E-state index contributed by atoms with van der Waals surface area (Å²) in [6.07, 6.45) is 0. The van der Waals surface area contributed by atoms with E-state index < -0.39 is 17.3 Å². The lowest BCUT2D eigenvalue weighted by molar-refractivity contribution is -0.148. The molecule has 1 unspecified atom stereocenters. The van der Waals surface area contributed by atoms with Crippen LogP contribution in [0.15, 0.2) is 42.5 Å². The maximum Gasteiger partial charge on any atom is 0.309 e. The Kier molecular flexibility index (Phi) is 4.78. The summed E-state index contributed by atoms with van der Waals surface area (Å²) in [5.74, 6) is -1.75. The lowest BCUT2D eigenvalue weighted by Crippen LogP contribution is -2.36. The summed E-state index contributed by atoms with van der Waals surface area (Å²) in [5, 5.41) is 9.29. The second kappa shape index (κ2) is 6.48. The zero-order chi connectivity index (χ0) is 18.1. The Balaban J connectivity index is 2.27. The van der Waals surface area contributed by atoms with Crippen molar-refractivity contribution >= 4 is 17.4 Å². The van der Waals surface area contributed by atoms with E-state index in [2.05, 4.69) is 0 Å². The van der Waals surface area contributed by atoms with E-state index in [-0.39, 0.29) is 5.78 Å². The Morgan fingerprint density at radius 2 is 1.58 bits per heavy atom. The highest BCUT2D eigenvalue weighted by molar-refractivity contribution is 6.00. The minimum atomic E-state index is -1.11. The van der Waals surface area contributed by atoms with E-state index in [1.165, 1.54) is 0 Å². The number of benzene rings is 2. The van der Waals surface area contributed by atoms with Crippen molar-refractivity contribution in [1.29, 1.82) is 0 Å². The number of carbonyl (C=O) groups is 2. The molecule has 0 heterocycles. The second-order valence-corrected chi connectivity index (χ2v) is 6.76. The molecule has 2 rings (SSSR count). The summed E-state index contributed by atoms with van der Waals surface area (Å²) in [7, 11) is 0. The van der Waals surface area contributed by atoms with Gasteiger partial charge in [0.15, 0.2) is 5.78 Å². The summed E-state index contributed by atoms with van der Waals surface area (Å²) in [6, 6.07) is 13.0. The van der Waals surface area contributed by atoms with E-state index in [4.69, 9.17) is 5.73 Å². The molecule has 3 N–H and O–H groups in total. The highest BCUT2D eigenvalue weighted by Crippen LogP contribution is 2.30. The van der Waals surface area contributed by atoms with Crippen molar-refractivity contribution in [3.05, 3.63) is 53.6 Å². The predicted octanol–water partition coefficient (Wildman–Crippen LogP) is 4.17. The number of Topliss-reactive ketones (excluding diaryl/α,β-unsaturated/α-hetero) is 1. The quantitative estimate of drug-likeness (QED) is 0.638. The molecule has 1 atom stereocenters. The van der Waals surface area contributed by atoms with Gasteiger partial charge in [-0.1, -0.05) is 37.3 Å². The van der Waals surface area contributed by atoms with Gasteiger partial charge in [0.05, 0.1) is 5.41 Å². The first-order chi connectivity index (χ1) is 11.1. The molecule has 0 radical (unpaired) electrons. The second-order valence-electron chi connectivity index (χ2n) is 6.76. The van der Waals surface area contributed by atoms with Crippen molar-refractivity contribution in [3.8, 4) is 11.1 Å². The van der Waals surface area contributed by atoms with Crippen LogP contribution in [-0.2, 0) is 4.79 Å². The topological polar surface area (TPSA) is 80.4 Å². The molecule has 2 aromatic carbocycles. The van der Waals surface area contributed by atoms with Crippen molar-refractivity contribution in [1.82, 2.24) is 0 Å². The first kappa shape index (κ1) is 17.7. The number of carboxylic acids is 1. The Bertz CT molecular complexity index is 776. The molecule has 126 valence electrons. The number of nitrogen functional groups attached to an aromatic ring is 1. The van der Waals surface area contributed by atoms with Gasteiger partial charge in [0.1, 0.15) is 0 Å². The highest BCUT2D eigenvalue weighted by Gasteiger charge is 2.38. The van der Waals surface area contributed by atoms with Crippen LogP contribution in [0.2, 0.25) is 0 Å². The molecule has 0 aliphatic rings. The van der Waals surface area contributed by atoms with Crippen molar-refractivity contribution in [2.45, 2.75) is 27.7 Å². The smallest absolute Gasteiger partial charge is 0.309 e. The zero-order valence-electron chi connectivity index (χ0n) is 14.5. The van der Waals surface area contributed by atoms with Gasteiger partial charge in [-0.05, 0) is 49.6 Å². The van der Waals surface area contributed by atoms with Crippen LogP contribution in [0.4, 0.5) is 5.69 Å². The maximum atomic E-state index is 12.6. The van der Waals surface area contributed by atoms with Gasteiger partial charge in [0.2, 0.25) is 0 Å². The Morgan fingerprint density at radius 1 is 1.04 bits per heavy atom. The summed E-state index contributed by atoms with van der Waals surface area (Å²) >= 11 is 0. The lowest BCUT2D eigenvalue weighted by atomic mass is 9.76. The first-order valence-corrected chi connectivity index (χ1v) is 7.88. The molecule has 0 amide bonds. The van der Waals surface area contributed by atoms with Crippen LogP contribution in [0.3, 0.4) is 0 Å². The molecule has 0 fully saturated rings. The molecular formula is C20H23NO3. The fourth-order valence-corrected chi connectivity index (χ4v) is 2.45. The van der Waals surface area contributed by atoms with E-state index in [9.17, 15) is 14.7 Å². The minimum Gasteiger partial charge on any atom is -0.481 e. The predicted molar refractivity (Wildman–Crippen MR) is 95.9 cm³/mol. The number of carboxylic acid groups (broad SMARTS) is 1. The molecule has 4 heteroatoms. The maximum absolute atomic E-state index is 12.6. The zero-order valence-corrected chi connectivity index (χ0v) is 14.5. The Morgan fingerprint density at radius 3 is 2.08 bits per heavy atom. The first-order valence-electron chi connectivity index (χ1n) is 7.88. The monoisotopic (exact) mass is 325 g/mol. The Hall–Kier alpha value is -2.62. The van der Waals surface area contributed by atoms with Gasteiger partial charge in [-0.15, -0.1) is 0 Å². The molecule has 0 spiro atoms. The van der Waals surface area contributed by atoms with Crippen LogP contribution in [0.1, 0.15) is 36.7 Å². The number of hydrogen-bond donors (Lipinski definition) is 2. The van der Waals surface area contributed by atoms with Crippen molar-refractivity contribution in [2.75, 3.05) is 5.73 Å². The van der Waals surface area contributed by atoms with Gasteiger partial charge in [-0.25, -0.2) is 0 Å². The number of carbonyl (C=O) groups excluding carboxylic acids is 1. The fourth-order valence-electron chi connectivity index (χ4n) is 2.45. The molecule has 0 saturated carbocycles. The Labute approximate surface area is 142 Å². The van der Waals surface area contributed by atoms with Crippen LogP contribution in [0.5, 0.6) is 0 Å². The number of nitrogens with two attached hydrogens (primary N) is 1. The fraction of sp³-hybridized carbons (Fsp3) is 0.300. The van der Waals surface area contributed by atoms with Gasteiger partial charge < -0.3 is 10.8 Å². The molecule has 0 aromatic heterocycles. The summed E-state index contributed by atoms with van der Waals surface area (Å²) in [5.41, 5.74) is 9.01. The SMILES string of the molecule is Cc1cc(-c2ccc(C(=O)C(C)C(C)(C)C(=O)O)cc2)ccc1N. The van der Waals surface area contributed by atoms with Crippen LogP contribution in [-0.4, -0.2) is 16.9 Å². The molecule has 0 bridgehead atoms. The third-order valence-corrected chi connectivity index (χ3v) is 4.80. The number of aliphatic carboxylic acids is 1. The van der Waals surface area contributed by atoms with Crippen LogP contribution in [0.25, 0.3) is 11.1 Å². The minimum absolute atomic E-state index is 0.164. The standard InChI is InChI=1S/C20H23NO3/c1-12-11-16(9-10-17(12)21)14-5-7-15(8-6-14)18(22)13(2)20(3,4)19(23)24/h5-11,13H,21H2,1-4H3,(H,23,24). The normalized spacial score (nSPS) is 12.7. The van der Waals surface area contributed by atoms with Crippen LogP contribution in [0, 0.1) is 18.3 Å². The highest BCUT2D eigenvalue weighted by atomic mass is 16.4. The molecule has 4 nitrogen and oxygen atoms in total. The number of ketones is 1. The summed E-state index contributed by atoms with van der Waals surface area (Å²) < 4.78 is 0. The summed E-state index contributed by atoms with van der Waals surface area (Å²) in [4.78, 5) is 23.9. The number of rotatable bonds is 5. The van der Waals surface area contributed by atoms with E-state index in [0.717, 1.165) is 22.4 Å². The van der Waals surface area contributed by atoms with E-state index >= 15 is 0 Å². The van der Waals surface area contributed by atoms with E-state index in [0.29, 0.717) is 5.56 Å². The van der Waals surface area contributed by atoms with Crippen LogP contribution < -0.4 is 5.73 Å². The molecular weight excluding hydrogens is 302 g/mol. The van der Waals surface area contributed by atoms with Gasteiger partial charge in [0.25, 0.3) is 0 Å². The third kappa shape index (κ3) is 3.32. The van der Waals surface area contributed by atoms with Crippen molar-refractivity contribution in [2.24, 2.45) is 11.3 Å². The average molecular weight is 325 g/mol. The molecule has 0 aliphatic heterocycles. The lowest BCUT2D eigenvalue weighted by Gasteiger charge is -2.26. The van der Waals surface area contributed by atoms with Crippen molar-refractivity contribution in [3.63, 3.8) is 0 Å². The third-order valence-electron chi connectivity index (χ3n) is 4.80. The van der Waals surface area contributed by atoms with Gasteiger partial charge in [-0.2, -0.15) is 0 Å². The number of aryl methyl sites for hydroxylation is 1. The molecule has 24 heavy (non-hydrogen) atoms.